The molecule has 1 saturated heterocycles. The van der Waals surface area contributed by atoms with Crippen molar-refractivity contribution in [3.05, 3.63) is 93.5 Å². The second-order valence-corrected chi connectivity index (χ2v) is 7.93. The van der Waals surface area contributed by atoms with E-state index in [0.717, 1.165) is 5.56 Å². The van der Waals surface area contributed by atoms with Gasteiger partial charge in [-0.1, -0.05) is 59.6 Å². The molecule has 1 aliphatic rings. The first-order chi connectivity index (χ1) is 16.0. The summed E-state index contributed by atoms with van der Waals surface area (Å²) < 4.78 is 11.6. The first-order valence-electron chi connectivity index (χ1n) is 10.2. The highest BCUT2D eigenvalue weighted by atomic mass is 35.5. The van der Waals surface area contributed by atoms with Crippen molar-refractivity contribution in [1.29, 1.82) is 0 Å². The fourth-order valence-corrected chi connectivity index (χ4v) is 3.79. The molecule has 0 spiro atoms. The minimum Gasteiger partial charge on any atom is -0.490 e. The summed E-state index contributed by atoms with van der Waals surface area (Å²) >= 11 is 12.7. The van der Waals surface area contributed by atoms with Gasteiger partial charge < -0.3 is 9.47 Å². The van der Waals surface area contributed by atoms with Crippen LogP contribution in [0.1, 0.15) is 18.1 Å². The zero-order valence-corrected chi connectivity index (χ0v) is 19.2. The average molecular weight is 483 g/mol. The van der Waals surface area contributed by atoms with Crippen LogP contribution in [-0.4, -0.2) is 18.4 Å². The Hall–Kier alpha value is -3.48. The number of nitrogens with zero attached hydrogens (tertiary/aromatic N) is 1. The van der Waals surface area contributed by atoms with Crippen LogP contribution < -0.4 is 19.9 Å². The van der Waals surface area contributed by atoms with Gasteiger partial charge in [0.25, 0.3) is 11.8 Å². The third kappa shape index (κ3) is 4.97. The van der Waals surface area contributed by atoms with Crippen molar-refractivity contribution in [2.24, 2.45) is 0 Å². The van der Waals surface area contributed by atoms with Crippen LogP contribution in [0.25, 0.3) is 6.08 Å². The summed E-state index contributed by atoms with van der Waals surface area (Å²) in [6, 6.07) is 19.5. The van der Waals surface area contributed by atoms with Gasteiger partial charge in [0.15, 0.2) is 11.5 Å². The summed E-state index contributed by atoms with van der Waals surface area (Å²) in [5.41, 5.74) is 4.46. The molecule has 0 bridgehead atoms. The van der Waals surface area contributed by atoms with Crippen LogP contribution in [0, 0.1) is 0 Å². The highest BCUT2D eigenvalue weighted by Gasteiger charge is 2.34. The topological polar surface area (TPSA) is 67.9 Å². The van der Waals surface area contributed by atoms with E-state index in [1.54, 1.807) is 42.5 Å². The van der Waals surface area contributed by atoms with Crippen LogP contribution in [0.4, 0.5) is 5.69 Å². The van der Waals surface area contributed by atoms with E-state index in [1.165, 1.54) is 11.1 Å². The molecule has 0 atom stereocenters. The molecule has 3 aromatic rings. The molecule has 0 radical (unpaired) electrons. The van der Waals surface area contributed by atoms with Crippen molar-refractivity contribution >= 4 is 46.8 Å². The predicted molar refractivity (Wildman–Crippen MR) is 128 cm³/mol. The lowest BCUT2D eigenvalue weighted by Gasteiger charge is -2.15. The number of hydrogen-bond donors (Lipinski definition) is 1. The molecule has 4 rings (SSSR count). The fourth-order valence-electron chi connectivity index (χ4n) is 3.32. The average Bonchev–Trinajstić information content (AvgIpc) is 3.09. The van der Waals surface area contributed by atoms with Crippen LogP contribution in [0.15, 0.2) is 72.3 Å². The summed E-state index contributed by atoms with van der Waals surface area (Å²) in [5.74, 6) is -0.209. The molecule has 1 N–H and O–H groups in total. The van der Waals surface area contributed by atoms with E-state index in [1.807, 2.05) is 31.2 Å². The van der Waals surface area contributed by atoms with E-state index in [-0.39, 0.29) is 17.2 Å². The first kappa shape index (κ1) is 22.7. The maximum Gasteiger partial charge on any atom is 0.282 e. The lowest BCUT2D eigenvalue weighted by molar-refractivity contribution is -0.117. The third-order valence-electron chi connectivity index (χ3n) is 4.88. The van der Waals surface area contributed by atoms with Crippen molar-refractivity contribution in [2.45, 2.75) is 13.5 Å². The molecule has 2 amide bonds. The molecule has 3 aromatic carbocycles. The van der Waals surface area contributed by atoms with Gasteiger partial charge in [0.1, 0.15) is 12.2 Å². The monoisotopic (exact) mass is 482 g/mol. The van der Waals surface area contributed by atoms with E-state index in [2.05, 4.69) is 5.43 Å². The van der Waals surface area contributed by atoms with E-state index in [9.17, 15) is 9.59 Å². The number of benzene rings is 3. The number of hydrazine groups is 1. The molecule has 1 aliphatic heterocycles. The number of carbonyl (C=O) groups excluding carboxylic acids is 2. The molecule has 0 aromatic heterocycles. The Labute approximate surface area is 201 Å². The molecule has 0 aliphatic carbocycles. The standard InChI is InChI=1S/C25H20Cl2N2O4/c1-2-32-22-14-16(13-21(27)23(22)33-15-17-8-6-7-11-20(17)26)12-19-24(30)28-29(25(19)31)18-9-4-3-5-10-18/h3-14H,2,15H2,1H3,(H,28,30)/b19-12-. The maximum absolute atomic E-state index is 12.8. The van der Waals surface area contributed by atoms with E-state index < -0.39 is 11.8 Å². The number of ether oxygens (including phenoxy) is 2. The molecule has 6 nitrogen and oxygen atoms in total. The maximum atomic E-state index is 12.8. The van der Waals surface area contributed by atoms with E-state index in [0.29, 0.717) is 34.4 Å². The second-order valence-electron chi connectivity index (χ2n) is 7.12. The molecular formula is C25H20Cl2N2O4. The van der Waals surface area contributed by atoms with E-state index in [4.69, 9.17) is 32.7 Å². The van der Waals surface area contributed by atoms with Crippen molar-refractivity contribution in [1.82, 2.24) is 5.43 Å². The molecule has 0 saturated carbocycles. The highest BCUT2D eigenvalue weighted by Crippen LogP contribution is 2.38. The molecule has 1 heterocycles. The van der Waals surface area contributed by atoms with Gasteiger partial charge in [-0.15, -0.1) is 0 Å². The van der Waals surface area contributed by atoms with Crippen molar-refractivity contribution in [2.75, 3.05) is 11.6 Å². The number of para-hydroxylation sites is 1. The van der Waals surface area contributed by atoms with Crippen molar-refractivity contribution < 1.29 is 19.1 Å². The number of nitrogens with one attached hydrogen (secondary N) is 1. The van der Waals surface area contributed by atoms with Gasteiger partial charge in [-0.2, -0.15) is 0 Å². The van der Waals surface area contributed by atoms with Gasteiger partial charge in [-0.05, 0) is 48.9 Å². The zero-order chi connectivity index (χ0) is 23.4. The molecule has 33 heavy (non-hydrogen) atoms. The predicted octanol–water partition coefficient (Wildman–Crippen LogP) is 5.43. The van der Waals surface area contributed by atoms with Gasteiger partial charge in [0, 0.05) is 10.6 Å². The Morgan fingerprint density at radius 3 is 2.39 bits per heavy atom. The van der Waals surface area contributed by atoms with Crippen LogP contribution in [0.2, 0.25) is 10.0 Å². The zero-order valence-electron chi connectivity index (χ0n) is 17.7. The van der Waals surface area contributed by atoms with Crippen molar-refractivity contribution in [3.63, 3.8) is 0 Å². The number of hydrogen-bond acceptors (Lipinski definition) is 4. The van der Waals surface area contributed by atoms with Crippen LogP contribution in [-0.2, 0) is 16.2 Å². The normalized spacial score (nSPS) is 14.5. The third-order valence-corrected chi connectivity index (χ3v) is 5.53. The molecule has 1 fully saturated rings. The Kier molecular flexibility index (Phi) is 6.87. The lowest BCUT2D eigenvalue weighted by atomic mass is 10.1. The number of amides is 2. The number of halogens is 2. The van der Waals surface area contributed by atoms with Crippen molar-refractivity contribution in [3.8, 4) is 11.5 Å². The SMILES string of the molecule is CCOc1cc(/C=C2/C(=O)NN(c3ccccc3)C2=O)cc(Cl)c1OCc1ccccc1Cl. The van der Waals surface area contributed by atoms with Gasteiger partial charge in [0.2, 0.25) is 0 Å². The van der Waals surface area contributed by atoms with E-state index >= 15 is 0 Å². The Bertz CT molecular complexity index is 1230. The van der Waals surface area contributed by atoms with Crippen LogP contribution in [0.3, 0.4) is 0 Å². The largest absolute Gasteiger partial charge is 0.490 e. The summed E-state index contributed by atoms with van der Waals surface area (Å²) in [6.45, 7) is 2.41. The quantitative estimate of drug-likeness (QED) is 0.360. The summed E-state index contributed by atoms with van der Waals surface area (Å²) in [7, 11) is 0. The molecule has 8 heteroatoms. The smallest absolute Gasteiger partial charge is 0.282 e. The van der Waals surface area contributed by atoms with Gasteiger partial charge in [-0.25, -0.2) is 5.01 Å². The number of rotatable bonds is 7. The minimum atomic E-state index is -0.503. The fraction of sp³-hybridized carbons (Fsp3) is 0.120. The lowest BCUT2D eigenvalue weighted by Crippen LogP contribution is -2.35. The Morgan fingerprint density at radius 2 is 1.67 bits per heavy atom. The number of anilines is 1. The second kappa shape index (κ2) is 9.98. The van der Waals surface area contributed by atoms with Gasteiger partial charge in [0.05, 0.1) is 17.3 Å². The first-order valence-corrected chi connectivity index (χ1v) is 11.0. The minimum absolute atomic E-state index is 0.0119. The Balaban J connectivity index is 1.62. The Morgan fingerprint density at radius 1 is 0.939 bits per heavy atom. The highest BCUT2D eigenvalue weighted by molar-refractivity contribution is 6.33. The summed E-state index contributed by atoms with van der Waals surface area (Å²) in [4.78, 5) is 25.3. The molecular weight excluding hydrogens is 463 g/mol. The summed E-state index contributed by atoms with van der Waals surface area (Å²) in [6.07, 6.45) is 1.48. The number of carbonyl (C=O) groups is 2. The van der Waals surface area contributed by atoms with Crippen LogP contribution >= 0.6 is 23.2 Å². The van der Waals surface area contributed by atoms with Gasteiger partial charge >= 0.3 is 0 Å². The molecule has 168 valence electrons. The summed E-state index contributed by atoms with van der Waals surface area (Å²) in [5, 5.41) is 2.08. The van der Waals surface area contributed by atoms with Crippen LogP contribution in [0.5, 0.6) is 11.5 Å². The van der Waals surface area contributed by atoms with Gasteiger partial charge in [-0.3, -0.25) is 15.0 Å². The molecule has 0 unspecified atom stereocenters.